The van der Waals surface area contributed by atoms with Crippen LogP contribution in [0.25, 0.3) is 22.1 Å². The number of benzene rings is 1. The second-order valence-electron chi connectivity index (χ2n) is 4.64. The predicted octanol–water partition coefficient (Wildman–Crippen LogP) is 2.81. The molecule has 3 heterocycles. The molecular weight excluding hydrogens is 256 g/mol. The van der Waals surface area contributed by atoms with Gasteiger partial charge in [0.15, 0.2) is 11.6 Å². The van der Waals surface area contributed by atoms with Gasteiger partial charge in [-0.1, -0.05) is 12.1 Å². The first kappa shape index (κ1) is 10.8. The molecule has 1 aliphatic heterocycles. The minimum absolute atomic E-state index is 0.771. The van der Waals surface area contributed by atoms with Gasteiger partial charge in [0.25, 0.3) is 0 Å². The molecule has 0 saturated heterocycles. The van der Waals surface area contributed by atoms with Gasteiger partial charge in [0, 0.05) is 17.8 Å². The molecule has 3 aromatic rings. The number of nitrogens with zero attached hydrogens (tertiary/aromatic N) is 3. The molecule has 4 rings (SSSR count). The van der Waals surface area contributed by atoms with Gasteiger partial charge in [-0.2, -0.15) is 0 Å². The van der Waals surface area contributed by atoms with E-state index >= 15 is 0 Å². The van der Waals surface area contributed by atoms with Gasteiger partial charge in [0.2, 0.25) is 0 Å². The SMILES string of the molecule is Nc1ccc2c(c1)-c1nnc(-c3cccs3)n1CC2. The van der Waals surface area contributed by atoms with E-state index in [9.17, 15) is 0 Å². The molecule has 2 aromatic heterocycles. The van der Waals surface area contributed by atoms with Crippen LogP contribution >= 0.6 is 11.3 Å². The summed E-state index contributed by atoms with van der Waals surface area (Å²) in [6.45, 7) is 0.923. The Balaban J connectivity index is 1.93. The van der Waals surface area contributed by atoms with E-state index in [1.807, 2.05) is 18.2 Å². The summed E-state index contributed by atoms with van der Waals surface area (Å²) in [7, 11) is 0. The highest BCUT2D eigenvalue weighted by Gasteiger charge is 2.22. The highest BCUT2D eigenvalue weighted by Crippen LogP contribution is 2.33. The van der Waals surface area contributed by atoms with E-state index in [1.165, 1.54) is 5.56 Å². The first-order valence-electron chi connectivity index (χ1n) is 6.19. The number of nitrogen functional groups attached to an aromatic ring is 1. The fourth-order valence-corrected chi connectivity index (χ4v) is 3.27. The monoisotopic (exact) mass is 268 g/mol. The summed E-state index contributed by atoms with van der Waals surface area (Å²) in [6, 6.07) is 10.2. The standard InChI is InChI=1S/C14H12N4S/c15-10-4-3-9-5-6-18-13(11(9)8-10)16-17-14(18)12-2-1-7-19-12/h1-4,7-8H,5-6,15H2. The van der Waals surface area contributed by atoms with Gasteiger partial charge < -0.3 is 10.3 Å². The number of aromatic nitrogens is 3. The van der Waals surface area contributed by atoms with Crippen LogP contribution in [0.4, 0.5) is 5.69 Å². The van der Waals surface area contributed by atoms with Crippen molar-refractivity contribution in [2.24, 2.45) is 0 Å². The third-order valence-electron chi connectivity index (χ3n) is 3.47. The fourth-order valence-electron chi connectivity index (χ4n) is 2.55. The van der Waals surface area contributed by atoms with Crippen molar-refractivity contribution in [2.75, 3.05) is 5.73 Å². The number of hydrogen-bond donors (Lipinski definition) is 1. The minimum atomic E-state index is 0.771. The van der Waals surface area contributed by atoms with E-state index in [0.29, 0.717) is 0 Å². The van der Waals surface area contributed by atoms with Gasteiger partial charge in [-0.05, 0) is 35.6 Å². The lowest BCUT2D eigenvalue weighted by Gasteiger charge is -2.18. The molecule has 1 aliphatic rings. The summed E-state index contributed by atoms with van der Waals surface area (Å²) in [5, 5.41) is 10.8. The lowest BCUT2D eigenvalue weighted by molar-refractivity contribution is 0.689. The van der Waals surface area contributed by atoms with Crippen molar-refractivity contribution in [3.63, 3.8) is 0 Å². The largest absolute Gasteiger partial charge is 0.399 e. The topological polar surface area (TPSA) is 56.7 Å². The molecule has 19 heavy (non-hydrogen) atoms. The molecule has 0 amide bonds. The lowest BCUT2D eigenvalue weighted by Crippen LogP contribution is -2.12. The normalized spacial score (nSPS) is 13.1. The molecule has 0 radical (unpaired) electrons. The van der Waals surface area contributed by atoms with Crippen molar-refractivity contribution in [1.82, 2.24) is 14.8 Å². The Kier molecular flexibility index (Phi) is 2.22. The molecule has 0 aliphatic carbocycles. The van der Waals surface area contributed by atoms with Crippen LogP contribution in [-0.4, -0.2) is 14.8 Å². The van der Waals surface area contributed by atoms with Crippen LogP contribution in [0.15, 0.2) is 35.7 Å². The van der Waals surface area contributed by atoms with Crippen molar-refractivity contribution < 1.29 is 0 Å². The van der Waals surface area contributed by atoms with Crippen molar-refractivity contribution >= 4 is 17.0 Å². The number of hydrogen-bond acceptors (Lipinski definition) is 4. The maximum absolute atomic E-state index is 5.89. The zero-order valence-electron chi connectivity index (χ0n) is 10.2. The number of nitrogens with two attached hydrogens (primary N) is 1. The van der Waals surface area contributed by atoms with E-state index < -0.39 is 0 Å². The first-order valence-corrected chi connectivity index (χ1v) is 7.07. The van der Waals surface area contributed by atoms with E-state index in [-0.39, 0.29) is 0 Å². The van der Waals surface area contributed by atoms with Gasteiger partial charge in [-0.25, -0.2) is 0 Å². The third-order valence-corrected chi connectivity index (χ3v) is 4.34. The zero-order chi connectivity index (χ0) is 12.8. The molecule has 0 atom stereocenters. The number of thiophene rings is 1. The summed E-state index contributed by atoms with van der Waals surface area (Å²) >= 11 is 1.69. The van der Waals surface area contributed by atoms with Crippen LogP contribution in [0, 0.1) is 0 Å². The molecule has 0 bridgehead atoms. The molecule has 0 saturated carbocycles. The van der Waals surface area contributed by atoms with Crippen LogP contribution in [0.1, 0.15) is 5.56 Å². The summed E-state index contributed by atoms with van der Waals surface area (Å²) < 4.78 is 2.19. The number of rotatable bonds is 1. The van der Waals surface area contributed by atoms with Crippen LogP contribution < -0.4 is 5.73 Å². The Morgan fingerprint density at radius 3 is 2.89 bits per heavy atom. The number of fused-ring (bicyclic) bond motifs is 3. The summed E-state index contributed by atoms with van der Waals surface area (Å²) in [5.41, 5.74) is 9.07. The average Bonchev–Trinajstić information content (AvgIpc) is 3.07. The molecule has 0 unspecified atom stereocenters. The van der Waals surface area contributed by atoms with Gasteiger partial charge in [-0.15, -0.1) is 21.5 Å². The molecule has 1 aromatic carbocycles. The smallest absolute Gasteiger partial charge is 0.174 e. The highest BCUT2D eigenvalue weighted by molar-refractivity contribution is 7.13. The molecule has 2 N–H and O–H groups in total. The van der Waals surface area contributed by atoms with E-state index in [2.05, 4.69) is 32.3 Å². The Morgan fingerprint density at radius 1 is 1.16 bits per heavy atom. The summed E-state index contributed by atoms with van der Waals surface area (Å²) in [6.07, 6.45) is 0.999. The lowest BCUT2D eigenvalue weighted by atomic mass is 10.00. The summed E-state index contributed by atoms with van der Waals surface area (Å²) in [5.74, 6) is 1.88. The summed E-state index contributed by atoms with van der Waals surface area (Å²) in [4.78, 5) is 1.16. The molecule has 0 fully saturated rings. The van der Waals surface area contributed by atoms with E-state index in [0.717, 1.165) is 40.7 Å². The molecule has 5 heteroatoms. The first-order chi connectivity index (χ1) is 9.33. The molecule has 0 spiro atoms. The van der Waals surface area contributed by atoms with Gasteiger partial charge in [0.1, 0.15) is 0 Å². The van der Waals surface area contributed by atoms with Crippen molar-refractivity contribution in [3.05, 3.63) is 41.3 Å². The van der Waals surface area contributed by atoms with E-state index in [1.54, 1.807) is 11.3 Å². The molecular formula is C14H12N4S. The van der Waals surface area contributed by atoms with Crippen LogP contribution in [0.5, 0.6) is 0 Å². The molecule has 94 valence electrons. The number of anilines is 1. The highest BCUT2D eigenvalue weighted by atomic mass is 32.1. The quantitative estimate of drug-likeness (QED) is 0.690. The van der Waals surface area contributed by atoms with Gasteiger partial charge in [0.05, 0.1) is 4.88 Å². The minimum Gasteiger partial charge on any atom is -0.399 e. The van der Waals surface area contributed by atoms with Crippen molar-refractivity contribution in [3.8, 4) is 22.1 Å². The Bertz CT molecular complexity index is 743. The maximum atomic E-state index is 5.89. The van der Waals surface area contributed by atoms with Crippen LogP contribution in [0.3, 0.4) is 0 Å². The van der Waals surface area contributed by atoms with E-state index in [4.69, 9.17) is 5.73 Å². The number of aryl methyl sites for hydroxylation is 1. The Morgan fingerprint density at radius 2 is 2.05 bits per heavy atom. The third kappa shape index (κ3) is 1.58. The predicted molar refractivity (Wildman–Crippen MR) is 76.9 cm³/mol. The van der Waals surface area contributed by atoms with Gasteiger partial charge >= 0.3 is 0 Å². The Labute approximate surface area is 114 Å². The van der Waals surface area contributed by atoms with Crippen LogP contribution in [-0.2, 0) is 13.0 Å². The fraction of sp³-hybridized carbons (Fsp3) is 0.143. The van der Waals surface area contributed by atoms with Crippen LogP contribution in [0.2, 0.25) is 0 Å². The second kappa shape index (κ2) is 3.93. The maximum Gasteiger partial charge on any atom is 0.174 e. The van der Waals surface area contributed by atoms with Gasteiger partial charge in [-0.3, -0.25) is 0 Å². The van der Waals surface area contributed by atoms with Crippen molar-refractivity contribution in [1.29, 1.82) is 0 Å². The second-order valence-corrected chi connectivity index (χ2v) is 5.59. The average molecular weight is 268 g/mol. The van der Waals surface area contributed by atoms with Crippen molar-refractivity contribution in [2.45, 2.75) is 13.0 Å². The Hall–Kier alpha value is -2.14. The molecule has 4 nitrogen and oxygen atoms in total. The zero-order valence-corrected chi connectivity index (χ0v) is 11.0.